The largest absolute Gasteiger partial charge is 0.318 e. The number of likely N-dealkylation sites (tertiary alicyclic amines) is 1. The van der Waals surface area contributed by atoms with E-state index in [0.717, 1.165) is 6.54 Å². The SMILES string of the molecule is CNCC1CCCN1C(C)c1ccc(C)cc1. The van der Waals surface area contributed by atoms with Crippen molar-refractivity contribution in [3.8, 4) is 0 Å². The monoisotopic (exact) mass is 232 g/mol. The highest BCUT2D eigenvalue weighted by molar-refractivity contribution is 5.24. The minimum Gasteiger partial charge on any atom is -0.318 e. The van der Waals surface area contributed by atoms with Gasteiger partial charge in [0.05, 0.1) is 0 Å². The molecule has 17 heavy (non-hydrogen) atoms. The lowest BCUT2D eigenvalue weighted by molar-refractivity contribution is 0.191. The maximum Gasteiger partial charge on any atom is 0.0323 e. The number of nitrogens with zero attached hydrogens (tertiary/aromatic N) is 1. The number of rotatable bonds is 4. The second-order valence-corrected chi connectivity index (χ2v) is 5.18. The first kappa shape index (κ1) is 12.6. The minimum atomic E-state index is 0.538. The highest BCUT2D eigenvalue weighted by Gasteiger charge is 2.28. The molecule has 2 rings (SSSR count). The van der Waals surface area contributed by atoms with Crippen molar-refractivity contribution in [1.29, 1.82) is 0 Å². The van der Waals surface area contributed by atoms with Crippen LogP contribution in [0.3, 0.4) is 0 Å². The Morgan fingerprint density at radius 1 is 1.35 bits per heavy atom. The van der Waals surface area contributed by atoms with Crippen LogP contribution in [-0.4, -0.2) is 31.1 Å². The summed E-state index contributed by atoms with van der Waals surface area (Å²) in [5.41, 5.74) is 2.78. The Hall–Kier alpha value is -0.860. The molecule has 1 aromatic rings. The summed E-state index contributed by atoms with van der Waals surface area (Å²) >= 11 is 0. The van der Waals surface area contributed by atoms with Gasteiger partial charge in [0.15, 0.2) is 0 Å². The maximum absolute atomic E-state index is 3.31. The van der Waals surface area contributed by atoms with Gasteiger partial charge in [-0.15, -0.1) is 0 Å². The van der Waals surface area contributed by atoms with Crippen molar-refractivity contribution in [2.75, 3.05) is 20.1 Å². The van der Waals surface area contributed by atoms with Gasteiger partial charge in [-0.2, -0.15) is 0 Å². The molecule has 0 spiro atoms. The Balaban J connectivity index is 2.08. The van der Waals surface area contributed by atoms with Crippen LogP contribution in [0.2, 0.25) is 0 Å². The van der Waals surface area contributed by atoms with Crippen LogP contribution in [0.1, 0.15) is 36.9 Å². The third-order valence-corrected chi connectivity index (χ3v) is 3.92. The predicted octanol–water partition coefficient (Wildman–Crippen LogP) is 2.74. The predicted molar refractivity (Wildman–Crippen MR) is 73.2 cm³/mol. The molecule has 2 heteroatoms. The van der Waals surface area contributed by atoms with Crippen molar-refractivity contribution in [2.24, 2.45) is 0 Å². The van der Waals surface area contributed by atoms with Gasteiger partial charge in [-0.1, -0.05) is 29.8 Å². The van der Waals surface area contributed by atoms with Crippen molar-refractivity contribution in [2.45, 2.75) is 38.8 Å². The van der Waals surface area contributed by atoms with E-state index >= 15 is 0 Å². The highest BCUT2D eigenvalue weighted by Crippen LogP contribution is 2.28. The van der Waals surface area contributed by atoms with E-state index in [1.165, 1.54) is 30.5 Å². The fourth-order valence-electron chi connectivity index (χ4n) is 2.86. The lowest BCUT2D eigenvalue weighted by Crippen LogP contribution is -2.38. The molecule has 0 amide bonds. The van der Waals surface area contributed by atoms with E-state index in [-0.39, 0.29) is 0 Å². The van der Waals surface area contributed by atoms with Gasteiger partial charge in [-0.25, -0.2) is 0 Å². The average molecular weight is 232 g/mol. The molecular formula is C15H24N2. The first-order chi connectivity index (χ1) is 8.22. The van der Waals surface area contributed by atoms with Gasteiger partial charge in [0, 0.05) is 18.6 Å². The summed E-state index contributed by atoms with van der Waals surface area (Å²) in [6, 6.07) is 10.2. The highest BCUT2D eigenvalue weighted by atomic mass is 15.2. The second-order valence-electron chi connectivity index (χ2n) is 5.18. The third-order valence-electron chi connectivity index (χ3n) is 3.92. The van der Waals surface area contributed by atoms with Crippen molar-refractivity contribution in [3.05, 3.63) is 35.4 Å². The number of likely N-dealkylation sites (N-methyl/N-ethyl adjacent to an activating group) is 1. The quantitative estimate of drug-likeness (QED) is 0.858. The molecule has 1 fully saturated rings. The smallest absolute Gasteiger partial charge is 0.0323 e. The summed E-state index contributed by atoms with van der Waals surface area (Å²) in [4.78, 5) is 2.64. The first-order valence-corrected chi connectivity index (χ1v) is 6.69. The van der Waals surface area contributed by atoms with Crippen molar-refractivity contribution in [3.63, 3.8) is 0 Å². The van der Waals surface area contributed by atoms with Gasteiger partial charge < -0.3 is 5.32 Å². The van der Waals surface area contributed by atoms with Gasteiger partial charge in [0.25, 0.3) is 0 Å². The Labute approximate surface area is 105 Å². The van der Waals surface area contributed by atoms with Gasteiger partial charge in [-0.05, 0) is 45.8 Å². The molecule has 1 aliphatic heterocycles. The zero-order valence-corrected chi connectivity index (χ0v) is 11.2. The molecule has 1 aromatic carbocycles. The number of aryl methyl sites for hydroxylation is 1. The molecule has 1 heterocycles. The van der Waals surface area contributed by atoms with Gasteiger partial charge in [0.1, 0.15) is 0 Å². The van der Waals surface area contributed by atoms with Crippen molar-refractivity contribution < 1.29 is 0 Å². The minimum absolute atomic E-state index is 0.538. The van der Waals surface area contributed by atoms with Crippen LogP contribution >= 0.6 is 0 Å². The van der Waals surface area contributed by atoms with Crippen LogP contribution in [0, 0.1) is 6.92 Å². The molecular weight excluding hydrogens is 208 g/mol. The molecule has 1 N–H and O–H groups in total. The van der Waals surface area contributed by atoms with E-state index in [0.29, 0.717) is 12.1 Å². The summed E-state index contributed by atoms with van der Waals surface area (Å²) in [6.45, 7) is 6.82. The molecule has 0 radical (unpaired) electrons. The Morgan fingerprint density at radius 2 is 2.06 bits per heavy atom. The van der Waals surface area contributed by atoms with Crippen molar-refractivity contribution >= 4 is 0 Å². The molecule has 94 valence electrons. The summed E-state index contributed by atoms with van der Waals surface area (Å²) in [5.74, 6) is 0. The Bertz CT molecular complexity index is 344. The first-order valence-electron chi connectivity index (χ1n) is 6.69. The maximum atomic E-state index is 3.31. The number of benzene rings is 1. The zero-order valence-electron chi connectivity index (χ0n) is 11.2. The molecule has 2 atom stereocenters. The van der Waals surface area contributed by atoms with Gasteiger partial charge >= 0.3 is 0 Å². The molecule has 0 saturated carbocycles. The second kappa shape index (κ2) is 5.65. The van der Waals surface area contributed by atoms with E-state index in [9.17, 15) is 0 Å². The van der Waals surface area contributed by atoms with E-state index in [1.54, 1.807) is 0 Å². The summed E-state index contributed by atoms with van der Waals surface area (Å²) in [6.07, 6.45) is 2.67. The zero-order chi connectivity index (χ0) is 12.3. The van der Waals surface area contributed by atoms with Crippen molar-refractivity contribution in [1.82, 2.24) is 10.2 Å². The van der Waals surface area contributed by atoms with Gasteiger partial charge in [0.2, 0.25) is 0 Å². The lowest BCUT2D eigenvalue weighted by atomic mass is 10.0. The molecule has 1 saturated heterocycles. The molecule has 0 bridgehead atoms. The normalized spacial score (nSPS) is 22.9. The summed E-state index contributed by atoms with van der Waals surface area (Å²) in [5, 5.41) is 3.31. The van der Waals surface area contributed by atoms with E-state index < -0.39 is 0 Å². The molecule has 2 unspecified atom stereocenters. The molecule has 0 aromatic heterocycles. The van der Waals surface area contributed by atoms with Gasteiger partial charge in [-0.3, -0.25) is 4.90 Å². The average Bonchev–Trinajstić information content (AvgIpc) is 2.78. The topological polar surface area (TPSA) is 15.3 Å². The molecule has 2 nitrogen and oxygen atoms in total. The standard InChI is InChI=1S/C15H24N2/c1-12-6-8-14(9-7-12)13(2)17-10-4-5-15(17)11-16-3/h6-9,13,15-16H,4-5,10-11H2,1-3H3. The fourth-order valence-corrected chi connectivity index (χ4v) is 2.86. The van der Waals surface area contributed by atoms with Crippen LogP contribution in [0.15, 0.2) is 24.3 Å². The fraction of sp³-hybridized carbons (Fsp3) is 0.600. The van der Waals surface area contributed by atoms with E-state index in [4.69, 9.17) is 0 Å². The number of hydrogen-bond acceptors (Lipinski definition) is 2. The van der Waals surface area contributed by atoms with Crippen LogP contribution in [0.4, 0.5) is 0 Å². The Morgan fingerprint density at radius 3 is 2.71 bits per heavy atom. The van der Waals surface area contributed by atoms with E-state index in [1.807, 2.05) is 7.05 Å². The van der Waals surface area contributed by atoms with Crippen LogP contribution in [0.5, 0.6) is 0 Å². The summed E-state index contributed by atoms with van der Waals surface area (Å²) < 4.78 is 0. The molecule has 0 aliphatic carbocycles. The lowest BCUT2D eigenvalue weighted by Gasteiger charge is -2.31. The Kier molecular flexibility index (Phi) is 4.19. The van der Waals surface area contributed by atoms with E-state index in [2.05, 4.69) is 48.3 Å². The summed E-state index contributed by atoms with van der Waals surface area (Å²) in [7, 11) is 2.05. The van der Waals surface area contributed by atoms with Crippen LogP contribution in [-0.2, 0) is 0 Å². The number of hydrogen-bond donors (Lipinski definition) is 1. The van der Waals surface area contributed by atoms with Crippen LogP contribution < -0.4 is 5.32 Å². The van der Waals surface area contributed by atoms with Crippen LogP contribution in [0.25, 0.3) is 0 Å². The number of nitrogens with one attached hydrogen (secondary N) is 1. The molecule has 1 aliphatic rings. The third kappa shape index (κ3) is 2.88.